The fraction of sp³-hybridized carbons (Fsp3) is 0.429. The second-order valence-corrected chi connectivity index (χ2v) is 7.34. The maximum Gasteiger partial charge on any atom is 0.137 e. The molecule has 0 radical (unpaired) electrons. The van der Waals surface area contributed by atoms with Crippen LogP contribution in [0.3, 0.4) is 0 Å². The van der Waals surface area contributed by atoms with Gasteiger partial charge in [0.15, 0.2) is 0 Å². The van der Waals surface area contributed by atoms with Crippen molar-refractivity contribution in [3.05, 3.63) is 42.5 Å². The lowest BCUT2D eigenvalue weighted by Gasteiger charge is -2.33. The van der Waals surface area contributed by atoms with Crippen molar-refractivity contribution < 1.29 is 23.9 Å². The van der Waals surface area contributed by atoms with E-state index in [1.807, 2.05) is 42.5 Å². The van der Waals surface area contributed by atoms with Crippen LogP contribution in [-0.2, 0) is 4.74 Å². The Labute approximate surface area is 153 Å². The molecule has 1 aliphatic rings. The summed E-state index contributed by atoms with van der Waals surface area (Å²) < 4.78 is 17.4. The van der Waals surface area contributed by atoms with E-state index in [9.17, 15) is 5.11 Å². The number of hydrogen-bond donors (Lipinski definition) is 2. The van der Waals surface area contributed by atoms with Crippen molar-refractivity contribution in [2.24, 2.45) is 0 Å². The van der Waals surface area contributed by atoms with Gasteiger partial charge in [-0.1, -0.05) is 18.2 Å². The summed E-state index contributed by atoms with van der Waals surface area (Å²) >= 11 is 0. The minimum absolute atomic E-state index is 0.235. The lowest BCUT2D eigenvalue weighted by molar-refractivity contribution is -0.918. The van der Waals surface area contributed by atoms with Crippen molar-refractivity contribution >= 4 is 21.9 Å². The standard InChI is InChI=1S/C21H25NO4/c1-14-10-22(11-15(2)25-14)12-16(23)13-24-17-7-8-21-19(9-17)18-5-3-4-6-20(18)26-21/h3-9,14-16,23H,10-13H2,1-2H3/p+1/t14-,15+,16-/m0/s1. The van der Waals surface area contributed by atoms with Gasteiger partial charge < -0.3 is 23.9 Å². The fourth-order valence-electron chi connectivity index (χ4n) is 3.94. The predicted octanol–water partition coefficient (Wildman–Crippen LogP) is 2.02. The van der Waals surface area contributed by atoms with Gasteiger partial charge in [0.05, 0.1) is 0 Å². The molecule has 1 aliphatic heterocycles. The smallest absolute Gasteiger partial charge is 0.137 e. The Morgan fingerprint density at radius 2 is 1.81 bits per heavy atom. The van der Waals surface area contributed by atoms with Gasteiger partial charge in [0, 0.05) is 10.8 Å². The third-order valence-corrected chi connectivity index (χ3v) is 4.93. The number of morpholine rings is 1. The van der Waals surface area contributed by atoms with Crippen molar-refractivity contribution in [3.8, 4) is 5.75 Å². The SMILES string of the molecule is C[C@@H]1C[NH+](C[C@H](O)COc2ccc3oc4ccccc4c3c2)C[C@H](C)O1. The molecule has 26 heavy (non-hydrogen) atoms. The van der Waals surface area contributed by atoms with Crippen LogP contribution >= 0.6 is 0 Å². The van der Waals surface area contributed by atoms with Crippen molar-refractivity contribution in [1.29, 1.82) is 0 Å². The van der Waals surface area contributed by atoms with Gasteiger partial charge in [-0.2, -0.15) is 0 Å². The number of para-hydroxylation sites is 1. The summed E-state index contributed by atoms with van der Waals surface area (Å²) in [5, 5.41) is 12.5. The molecule has 5 nitrogen and oxygen atoms in total. The first-order valence-electron chi connectivity index (χ1n) is 9.29. The second kappa shape index (κ2) is 7.27. The summed E-state index contributed by atoms with van der Waals surface area (Å²) in [7, 11) is 0. The van der Waals surface area contributed by atoms with E-state index in [1.165, 1.54) is 4.90 Å². The Morgan fingerprint density at radius 3 is 2.62 bits per heavy atom. The van der Waals surface area contributed by atoms with Crippen LogP contribution in [0, 0.1) is 0 Å². The van der Waals surface area contributed by atoms with Crippen molar-refractivity contribution in [1.82, 2.24) is 0 Å². The van der Waals surface area contributed by atoms with Crippen LogP contribution in [0.2, 0.25) is 0 Å². The third kappa shape index (κ3) is 3.70. The first-order valence-corrected chi connectivity index (χ1v) is 9.29. The molecule has 1 unspecified atom stereocenters. The predicted molar refractivity (Wildman–Crippen MR) is 101 cm³/mol. The lowest BCUT2D eigenvalue weighted by atomic mass is 10.1. The molecule has 5 heteroatoms. The first-order chi connectivity index (χ1) is 12.6. The van der Waals surface area contributed by atoms with Crippen LogP contribution in [0.4, 0.5) is 0 Å². The Balaban J connectivity index is 1.40. The second-order valence-electron chi connectivity index (χ2n) is 7.34. The molecule has 1 aromatic heterocycles. The monoisotopic (exact) mass is 356 g/mol. The van der Waals surface area contributed by atoms with E-state index < -0.39 is 6.10 Å². The average molecular weight is 356 g/mol. The van der Waals surface area contributed by atoms with E-state index in [1.54, 1.807) is 0 Å². The van der Waals surface area contributed by atoms with E-state index in [0.29, 0.717) is 6.54 Å². The number of rotatable bonds is 5. The molecule has 3 aromatic rings. The highest BCUT2D eigenvalue weighted by molar-refractivity contribution is 6.05. The molecular formula is C21H26NO4+. The number of hydrogen-bond acceptors (Lipinski definition) is 4. The maximum absolute atomic E-state index is 10.4. The molecule has 4 atom stereocenters. The summed E-state index contributed by atoms with van der Waals surface area (Å²) in [6.07, 6.45) is -0.0309. The van der Waals surface area contributed by atoms with Gasteiger partial charge in [-0.05, 0) is 38.1 Å². The highest BCUT2D eigenvalue weighted by Gasteiger charge is 2.27. The highest BCUT2D eigenvalue weighted by Crippen LogP contribution is 2.31. The molecule has 0 spiro atoms. The Hall–Kier alpha value is -2.08. The lowest BCUT2D eigenvalue weighted by Crippen LogP contribution is -3.16. The molecule has 2 aromatic carbocycles. The maximum atomic E-state index is 10.4. The quantitative estimate of drug-likeness (QED) is 0.734. The summed E-state index contributed by atoms with van der Waals surface area (Å²) in [6, 6.07) is 13.8. The fourth-order valence-corrected chi connectivity index (χ4v) is 3.94. The van der Waals surface area contributed by atoms with Crippen LogP contribution in [0.5, 0.6) is 5.75 Å². The van der Waals surface area contributed by atoms with E-state index in [-0.39, 0.29) is 18.8 Å². The minimum atomic E-state index is -0.501. The summed E-state index contributed by atoms with van der Waals surface area (Å²) in [4.78, 5) is 1.36. The van der Waals surface area contributed by atoms with E-state index >= 15 is 0 Å². The molecule has 1 fully saturated rings. The third-order valence-electron chi connectivity index (χ3n) is 4.93. The number of nitrogens with one attached hydrogen (secondary N) is 1. The molecular weight excluding hydrogens is 330 g/mol. The van der Waals surface area contributed by atoms with Crippen molar-refractivity contribution in [2.45, 2.75) is 32.2 Å². The summed E-state index contributed by atoms with van der Waals surface area (Å²) in [6.45, 7) is 6.98. The molecule has 0 amide bonds. The number of aliphatic hydroxyl groups excluding tert-OH is 1. The van der Waals surface area contributed by atoms with Crippen LogP contribution < -0.4 is 9.64 Å². The van der Waals surface area contributed by atoms with E-state index in [0.717, 1.165) is 40.8 Å². The molecule has 0 aliphatic carbocycles. The highest BCUT2D eigenvalue weighted by atomic mass is 16.5. The number of aliphatic hydroxyl groups is 1. The zero-order chi connectivity index (χ0) is 18.1. The Kier molecular flexibility index (Phi) is 4.85. The minimum Gasteiger partial charge on any atom is -0.491 e. The van der Waals surface area contributed by atoms with E-state index in [2.05, 4.69) is 13.8 Å². The average Bonchev–Trinajstić information content (AvgIpc) is 2.97. The zero-order valence-corrected chi connectivity index (χ0v) is 15.3. The largest absolute Gasteiger partial charge is 0.491 e. The van der Waals surface area contributed by atoms with Crippen molar-refractivity contribution in [2.75, 3.05) is 26.2 Å². The van der Waals surface area contributed by atoms with Gasteiger partial charge in [0.2, 0.25) is 0 Å². The van der Waals surface area contributed by atoms with Crippen LogP contribution in [-0.4, -0.2) is 49.7 Å². The topological polar surface area (TPSA) is 56.3 Å². The van der Waals surface area contributed by atoms with Gasteiger partial charge >= 0.3 is 0 Å². The van der Waals surface area contributed by atoms with Crippen LogP contribution in [0.15, 0.2) is 46.9 Å². The van der Waals surface area contributed by atoms with Crippen molar-refractivity contribution in [3.63, 3.8) is 0 Å². The normalized spacial score (nSPS) is 24.8. The molecule has 138 valence electrons. The number of furan rings is 1. The number of quaternary nitrogens is 1. The van der Waals surface area contributed by atoms with Gasteiger partial charge in [-0.15, -0.1) is 0 Å². The van der Waals surface area contributed by atoms with Gasteiger partial charge in [-0.3, -0.25) is 0 Å². The molecule has 2 heterocycles. The van der Waals surface area contributed by atoms with Gasteiger partial charge in [0.1, 0.15) is 61.5 Å². The molecule has 2 N–H and O–H groups in total. The molecule has 4 rings (SSSR count). The van der Waals surface area contributed by atoms with Crippen LogP contribution in [0.25, 0.3) is 21.9 Å². The van der Waals surface area contributed by atoms with E-state index in [4.69, 9.17) is 13.9 Å². The Bertz CT molecular complexity index is 880. The molecule has 0 saturated carbocycles. The van der Waals surface area contributed by atoms with Crippen LogP contribution in [0.1, 0.15) is 13.8 Å². The Morgan fingerprint density at radius 1 is 1.08 bits per heavy atom. The number of benzene rings is 2. The zero-order valence-electron chi connectivity index (χ0n) is 15.3. The number of fused-ring (bicyclic) bond motifs is 3. The molecule has 0 bridgehead atoms. The summed E-state index contributed by atoms with van der Waals surface area (Å²) in [5.41, 5.74) is 1.72. The van der Waals surface area contributed by atoms with Gasteiger partial charge in [-0.25, -0.2) is 0 Å². The first kappa shape index (κ1) is 17.3. The summed E-state index contributed by atoms with van der Waals surface area (Å²) in [5.74, 6) is 0.752. The van der Waals surface area contributed by atoms with Gasteiger partial charge in [0.25, 0.3) is 0 Å². The molecule has 1 saturated heterocycles. The number of ether oxygens (including phenoxy) is 2.